The molecule has 0 aliphatic carbocycles. The summed E-state index contributed by atoms with van der Waals surface area (Å²) in [6.45, 7) is 3.90. The summed E-state index contributed by atoms with van der Waals surface area (Å²) in [6, 6.07) is -2.15. The molecule has 110 valence electrons. The zero-order valence-electron chi connectivity index (χ0n) is 11.3. The number of aliphatic carboxylic acids is 2. The van der Waals surface area contributed by atoms with Crippen LogP contribution in [0.25, 0.3) is 0 Å². The maximum atomic E-state index is 11.5. The quantitative estimate of drug-likeness (QED) is 0.471. The van der Waals surface area contributed by atoms with Crippen LogP contribution in [-0.4, -0.2) is 40.3 Å². The van der Waals surface area contributed by atoms with Crippen molar-refractivity contribution in [2.24, 2.45) is 0 Å². The molecule has 0 radical (unpaired) electrons. The fraction of sp³-hybridized carbons (Fsp3) is 0.750. The topological polar surface area (TPSA) is 116 Å². The third-order valence-electron chi connectivity index (χ3n) is 2.60. The highest BCUT2D eigenvalue weighted by Gasteiger charge is 2.23. The third kappa shape index (κ3) is 8.87. The standard InChI is InChI=1S/C12H22N2O5/c1-3-4-5-6-8(2)13-12(19)14-9(11(17)18)7-10(15)16/h8-9H,3-7H2,1-2H3,(H,15,16)(H,17,18)(H2,13,14,19)/t8?,9-/m1/s1. The average Bonchev–Trinajstić information content (AvgIpc) is 2.27. The minimum absolute atomic E-state index is 0.0779. The Morgan fingerprint density at radius 3 is 2.21 bits per heavy atom. The number of hydrogen-bond acceptors (Lipinski definition) is 3. The van der Waals surface area contributed by atoms with E-state index in [0.717, 1.165) is 25.7 Å². The summed E-state index contributed by atoms with van der Waals surface area (Å²) in [5, 5.41) is 22.0. The van der Waals surface area contributed by atoms with Gasteiger partial charge >= 0.3 is 18.0 Å². The second kappa shape index (κ2) is 9.18. The lowest BCUT2D eigenvalue weighted by Crippen LogP contribution is -2.49. The molecule has 0 bridgehead atoms. The lowest BCUT2D eigenvalue weighted by molar-refractivity contribution is -0.145. The zero-order chi connectivity index (χ0) is 14.8. The van der Waals surface area contributed by atoms with E-state index in [-0.39, 0.29) is 6.04 Å². The Morgan fingerprint density at radius 2 is 1.74 bits per heavy atom. The van der Waals surface area contributed by atoms with Crippen molar-refractivity contribution in [3.8, 4) is 0 Å². The fourth-order valence-corrected chi connectivity index (χ4v) is 1.57. The summed E-state index contributed by atoms with van der Waals surface area (Å²) in [7, 11) is 0. The number of rotatable bonds is 9. The van der Waals surface area contributed by atoms with E-state index in [9.17, 15) is 14.4 Å². The minimum atomic E-state index is -1.42. The molecule has 0 aromatic heterocycles. The van der Waals surface area contributed by atoms with Crippen LogP contribution in [0.4, 0.5) is 4.79 Å². The Bertz CT molecular complexity index is 319. The van der Waals surface area contributed by atoms with Crippen LogP contribution < -0.4 is 10.6 Å². The van der Waals surface area contributed by atoms with Crippen molar-refractivity contribution in [2.45, 2.75) is 58.0 Å². The molecule has 0 saturated carbocycles. The molecule has 0 spiro atoms. The van der Waals surface area contributed by atoms with Crippen molar-refractivity contribution in [1.82, 2.24) is 10.6 Å². The first-order chi connectivity index (χ1) is 8.86. The van der Waals surface area contributed by atoms with Gasteiger partial charge in [0.25, 0.3) is 0 Å². The highest BCUT2D eigenvalue weighted by atomic mass is 16.4. The molecule has 2 atom stereocenters. The number of unbranched alkanes of at least 4 members (excludes halogenated alkanes) is 2. The van der Waals surface area contributed by atoms with Gasteiger partial charge in [-0.1, -0.05) is 26.2 Å². The van der Waals surface area contributed by atoms with Crippen LogP contribution in [0.1, 0.15) is 46.0 Å². The molecule has 19 heavy (non-hydrogen) atoms. The highest BCUT2D eigenvalue weighted by Crippen LogP contribution is 2.02. The molecule has 0 aromatic carbocycles. The first kappa shape index (κ1) is 17.2. The van der Waals surface area contributed by atoms with E-state index >= 15 is 0 Å². The molecule has 0 aliphatic rings. The summed E-state index contributed by atoms with van der Waals surface area (Å²) in [4.78, 5) is 32.7. The average molecular weight is 274 g/mol. The van der Waals surface area contributed by atoms with Crippen LogP contribution in [0.3, 0.4) is 0 Å². The molecule has 7 nitrogen and oxygen atoms in total. The molecule has 0 aliphatic heterocycles. The Hall–Kier alpha value is -1.79. The predicted molar refractivity (Wildman–Crippen MR) is 68.9 cm³/mol. The van der Waals surface area contributed by atoms with Crippen LogP contribution in [0.5, 0.6) is 0 Å². The van der Waals surface area contributed by atoms with E-state index in [0.29, 0.717) is 0 Å². The molecular weight excluding hydrogens is 252 g/mol. The molecule has 0 rings (SSSR count). The number of amides is 2. The van der Waals surface area contributed by atoms with Crippen LogP contribution >= 0.6 is 0 Å². The van der Waals surface area contributed by atoms with Crippen molar-refractivity contribution in [3.63, 3.8) is 0 Å². The number of nitrogens with one attached hydrogen (secondary N) is 2. The zero-order valence-corrected chi connectivity index (χ0v) is 11.3. The van der Waals surface area contributed by atoms with Crippen molar-refractivity contribution < 1.29 is 24.6 Å². The fourth-order valence-electron chi connectivity index (χ4n) is 1.57. The Balaban J connectivity index is 4.11. The number of urea groups is 1. The summed E-state index contributed by atoms with van der Waals surface area (Å²) in [6.07, 6.45) is 3.29. The van der Waals surface area contributed by atoms with Gasteiger partial charge in [0.1, 0.15) is 6.04 Å². The lowest BCUT2D eigenvalue weighted by atomic mass is 10.1. The summed E-state index contributed by atoms with van der Waals surface area (Å²) < 4.78 is 0. The maximum absolute atomic E-state index is 11.5. The number of carbonyl (C=O) groups excluding carboxylic acids is 1. The lowest BCUT2D eigenvalue weighted by Gasteiger charge is -2.17. The van der Waals surface area contributed by atoms with Gasteiger partial charge in [0.05, 0.1) is 6.42 Å². The SMILES string of the molecule is CCCCCC(C)NC(=O)N[C@H](CC(=O)O)C(=O)O. The number of carbonyl (C=O) groups is 3. The van der Waals surface area contributed by atoms with Gasteiger partial charge in [0.2, 0.25) is 0 Å². The number of carboxylic acids is 2. The van der Waals surface area contributed by atoms with Crippen LogP contribution in [0.2, 0.25) is 0 Å². The molecule has 7 heteroatoms. The third-order valence-corrected chi connectivity index (χ3v) is 2.60. The van der Waals surface area contributed by atoms with Gasteiger partial charge in [-0.25, -0.2) is 9.59 Å². The molecule has 0 heterocycles. The molecule has 0 saturated heterocycles. The highest BCUT2D eigenvalue weighted by molar-refractivity contribution is 5.86. The largest absolute Gasteiger partial charge is 0.481 e. The van der Waals surface area contributed by atoms with E-state index in [1.807, 2.05) is 6.92 Å². The molecule has 0 fully saturated rings. The van der Waals surface area contributed by atoms with Gasteiger partial charge < -0.3 is 20.8 Å². The van der Waals surface area contributed by atoms with Gasteiger partial charge in [0, 0.05) is 6.04 Å². The maximum Gasteiger partial charge on any atom is 0.326 e. The van der Waals surface area contributed by atoms with Gasteiger partial charge in [-0.2, -0.15) is 0 Å². The summed E-state index contributed by atoms with van der Waals surface area (Å²) in [5.74, 6) is -2.64. The smallest absolute Gasteiger partial charge is 0.326 e. The number of carboxylic acid groups (broad SMARTS) is 2. The molecule has 0 aromatic rings. The van der Waals surface area contributed by atoms with Crippen LogP contribution in [-0.2, 0) is 9.59 Å². The Labute approximate surface area is 112 Å². The first-order valence-corrected chi connectivity index (χ1v) is 6.38. The summed E-state index contributed by atoms with van der Waals surface area (Å²) >= 11 is 0. The van der Waals surface area contributed by atoms with E-state index in [1.54, 1.807) is 0 Å². The first-order valence-electron chi connectivity index (χ1n) is 6.38. The van der Waals surface area contributed by atoms with Crippen LogP contribution in [0, 0.1) is 0 Å². The predicted octanol–water partition coefficient (Wildman–Crippen LogP) is 1.18. The second-order valence-corrected chi connectivity index (χ2v) is 4.50. The monoisotopic (exact) mass is 274 g/mol. The van der Waals surface area contributed by atoms with E-state index < -0.39 is 30.4 Å². The molecule has 4 N–H and O–H groups in total. The number of hydrogen-bond donors (Lipinski definition) is 4. The van der Waals surface area contributed by atoms with Crippen molar-refractivity contribution >= 4 is 18.0 Å². The van der Waals surface area contributed by atoms with Crippen molar-refractivity contribution in [3.05, 3.63) is 0 Å². The van der Waals surface area contributed by atoms with E-state index in [4.69, 9.17) is 10.2 Å². The second-order valence-electron chi connectivity index (χ2n) is 4.50. The van der Waals surface area contributed by atoms with Crippen LogP contribution in [0.15, 0.2) is 0 Å². The molecule has 2 amide bonds. The normalized spacial score (nSPS) is 13.4. The van der Waals surface area contributed by atoms with E-state index in [1.165, 1.54) is 0 Å². The van der Waals surface area contributed by atoms with Gasteiger partial charge in [-0.3, -0.25) is 4.79 Å². The minimum Gasteiger partial charge on any atom is -0.481 e. The van der Waals surface area contributed by atoms with Gasteiger partial charge in [0.15, 0.2) is 0 Å². The van der Waals surface area contributed by atoms with Crippen molar-refractivity contribution in [2.75, 3.05) is 0 Å². The van der Waals surface area contributed by atoms with Crippen molar-refractivity contribution in [1.29, 1.82) is 0 Å². The molecular formula is C12H22N2O5. The van der Waals surface area contributed by atoms with Gasteiger partial charge in [-0.15, -0.1) is 0 Å². The Kier molecular flexibility index (Phi) is 8.32. The Morgan fingerprint density at radius 1 is 1.11 bits per heavy atom. The molecule has 1 unspecified atom stereocenters. The van der Waals surface area contributed by atoms with Gasteiger partial charge in [-0.05, 0) is 13.3 Å². The summed E-state index contributed by atoms with van der Waals surface area (Å²) in [5.41, 5.74) is 0. The van der Waals surface area contributed by atoms with E-state index in [2.05, 4.69) is 17.6 Å².